The second-order valence-corrected chi connectivity index (χ2v) is 11.0. The molecule has 5 aromatic rings. The maximum absolute atomic E-state index is 12.4. The fraction of sp³-hybridized carbons (Fsp3) is 0.312. The zero-order chi connectivity index (χ0) is 27.8. The number of benzene rings is 3. The summed E-state index contributed by atoms with van der Waals surface area (Å²) in [7, 11) is 0. The lowest BCUT2D eigenvalue weighted by Crippen LogP contribution is -2.53. The lowest BCUT2D eigenvalue weighted by molar-refractivity contribution is -0.0427. The van der Waals surface area contributed by atoms with Gasteiger partial charge in [0.05, 0.1) is 16.6 Å². The largest absolute Gasteiger partial charge is 0.385 e. The number of hydrogen-bond acceptors (Lipinski definition) is 6. The Bertz CT molecular complexity index is 1720. The molecule has 0 amide bonds. The van der Waals surface area contributed by atoms with Gasteiger partial charge >= 0.3 is 0 Å². The van der Waals surface area contributed by atoms with Gasteiger partial charge in [-0.15, -0.1) is 0 Å². The summed E-state index contributed by atoms with van der Waals surface area (Å²) in [6.45, 7) is 3.85. The third-order valence-corrected chi connectivity index (χ3v) is 8.47. The fourth-order valence-corrected chi connectivity index (χ4v) is 6.35. The number of imidazole rings is 1. The lowest BCUT2D eigenvalue weighted by Gasteiger charge is -2.39. The summed E-state index contributed by atoms with van der Waals surface area (Å²) in [6, 6.07) is 24.4. The summed E-state index contributed by atoms with van der Waals surface area (Å²) in [5.74, 6) is 0. The van der Waals surface area contributed by atoms with Crippen LogP contribution in [0.4, 0.5) is 5.69 Å². The number of aliphatic hydroxyl groups excluding tert-OH is 1. The number of aliphatic hydroxyl groups is 1. The van der Waals surface area contributed by atoms with Gasteiger partial charge in [-0.05, 0) is 49.1 Å². The Kier molecular flexibility index (Phi) is 6.92. The van der Waals surface area contributed by atoms with Crippen molar-refractivity contribution in [2.24, 2.45) is 0 Å². The molecule has 2 aliphatic rings. The molecule has 1 fully saturated rings. The third kappa shape index (κ3) is 4.86. The van der Waals surface area contributed by atoms with E-state index in [1.165, 1.54) is 11.3 Å². The summed E-state index contributed by atoms with van der Waals surface area (Å²) in [4.78, 5) is 19.4. The van der Waals surface area contributed by atoms with E-state index >= 15 is 0 Å². The second-order valence-electron chi connectivity index (χ2n) is 11.0. The molecule has 0 spiro atoms. The zero-order valence-corrected chi connectivity index (χ0v) is 23.0. The SMILES string of the molecule is O=c1[nH]n(CC[C@@H]2CNCCN2C(O)c2ncn(-c3ccc4c(c3)NCCC4)c2-c2ccccc2)c2ccccc12. The van der Waals surface area contributed by atoms with E-state index in [4.69, 9.17) is 4.98 Å². The summed E-state index contributed by atoms with van der Waals surface area (Å²) >= 11 is 0. The molecule has 0 aliphatic carbocycles. The second kappa shape index (κ2) is 11.0. The molecule has 1 unspecified atom stereocenters. The lowest BCUT2D eigenvalue weighted by atomic mass is 10.0. The van der Waals surface area contributed by atoms with Crippen molar-refractivity contribution in [3.05, 3.63) is 101 Å². The average molecular weight is 550 g/mol. The molecule has 2 atom stereocenters. The molecule has 210 valence electrons. The number of para-hydroxylation sites is 1. The van der Waals surface area contributed by atoms with Crippen LogP contribution in [0.15, 0.2) is 83.9 Å². The number of nitrogens with zero attached hydrogens (tertiary/aromatic N) is 4. The number of rotatable bonds is 7. The molecule has 4 heterocycles. The first-order valence-corrected chi connectivity index (χ1v) is 14.5. The van der Waals surface area contributed by atoms with Gasteiger partial charge in [0.2, 0.25) is 0 Å². The molecule has 4 N–H and O–H groups in total. The van der Waals surface area contributed by atoms with Gasteiger partial charge in [0.25, 0.3) is 5.56 Å². The highest BCUT2D eigenvalue weighted by Crippen LogP contribution is 2.34. The highest BCUT2D eigenvalue weighted by Gasteiger charge is 2.32. The van der Waals surface area contributed by atoms with Crippen molar-refractivity contribution in [2.45, 2.75) is 38.1 Å². The Hall–Kier alpha value is -4.18. The Morgan fingerprint density at radius 3 is 2.78 bits per heavy atom. The predicted octanol–water partition coefficient (Wildman–Crippen LogP) is 3.90. The van der Waals surface area contributed by atoms with Crippen LogP contribution in [0.1, 0.15) is 30.3 Å². The van der Waals surface area contributed by atoms with Gasteiger partial charge in [-0.25, -0.2) is 4.98 Å². The molecular weight excluding hydrogens is 514 g/mol. The van der Waals surface area contributed by atoms with Crippen LogP contribution in [0.25, 0.3) is 27.8 Å². The molecule has 0 saturated carbocycles. The van der Waals surface area contributed by atoms with E-state index in [0.29, 0.717) is 24.2 Å². The number of nitrogens with one attached hydrogen (secondary N) is 3. The Morgan fingerprint density at radius 1 is 1.02 bits per heavy atom. The van der Waals surface area contributed by atoms with Crippen LogP contribution in [-0.4, -0.2) is 61.6 Å². The molecule has 7 rings (SSSR count). The van der Waals surface area contributed by atoms with Crippen LogP contribution in [0.2, 0.25) is 0 Å². The van der Waals surface area contributed by atoms with Gasteiger partial charge in [-0.1, -0.05) is 48.5 Å². The Morgan fingerprint density at radius 2 is 1.88 bits per heavy atom. The predicted molar refractivity (Wildman–Crippen MR) is 161 cm³/mol. The van der Waals surface area contributed by atoms with E-state index in [2.05, 4.69) is 55.5 Å². The fourth-order valence-electron chi connectivity index (χ4n) is 6.35. The highest BCUT2D eigenvalue weighted by atomic mass is 16.3. The first-order chi connectivity index (χ1) is 20.2. The van der Waals surface area contributed by atoms with E-state index in [1.807, 2.05) is 53.5 Å². The molecule has 1 saturated heterocycles. The van der Waals surface area contributed by atoms with Crippen LogP contribution >= 0.6 is 0 Å². The van der Waals surface area contributed by atoms with Crippen LogP contribution in [0.3, 0.4) is 0 Å². The number of fused-ring (bicyclic) bond motifs is 2. The normalized spacial score (nSPS) is 18.2. The molecule has 0 radical (unpaired) electrons. The van der Waals surface area contributed by atoms with E-state index in [0.717, 1.165) is 61.4 Å². The number of anilines is 1. The van der Waals surface area contributed by atoms with Gasteiger partial charge in [0.1, 0.15) is 12.0 Å². The molecule has 0 bridgehead atoms. The maximum atomic E-state index is 12.4. The van der Waals surface area contributed by atoms with Gasteiger partial charge < -0.3 is 15.7 Å². The molecule has 3 aromatic carbocycles. The summed E-state index contributed by atoms with van der Waals surface area (Å²) in [5, 5.41) is 22.6. The molecule has 9 nitrogen and oxygen atoms in total. The molecule has 2 aromatic heterocycles. The monoisotopic (exact) mass is 549 g/mol. The van der Waals surface area contributed by atoms with Crippen molar-refractivity contribution in [1.29, 1.82) is 0 Å². The van der Waals surface area contributed by atoms with E-state index < -0.39 is 6.23 Å². The minimum absolute atomic E-state index is 0.0603. The first-order valence-electron chi connectivity index (χ1n) is 14.5. The number of aromatic nitrogens is 4. The molecule has 2 aliphatic heterocycles. The standard InChI is InChI=1S/C32H35N7O2/c40-31-26-10-4-5-11-28(26)39(36-31)17-14-25-20-33-16-18-37(25)32(41)29-30(23-7-2-1-3-8-23)38(21-35-29)24-13-12-22-9-6-15-34-27(22)19-24/h1-5,7-8,10-13,19,21,25,32-34,41H,6,9,14-18,20H2,(H,36,40)/t25-,32?/m1/s1. The van der Waals surface area contributed by atoms with E-state index in [-0.39, 0.29) is 11.6 Å². The van der Waals surface area contributed by atoms with Crippen molar-refractivity contribution in [3.63, 3.8) is 0 Å². The van der Waals surface area contributed by atoms with Crippen LogP contribution in [0, 0.1) is 0 Å². The van der Waals surface area contributed by atoms with Gasteiger partial charge in [0.15, 0.2) is 6.23 Å². The van der Waals surface area contributed by atoms with Crippen LogP contribution < -0.4 is 16.2 Å². The van der Waals surface area contributed by atoms with Crippen molar-refractivity contribution >= 4 is 16.6 Å². The topological polar surface area (TPSA) is 103 Å². The van der Waals surface area contributed by atoms with Crippen LogP contribution in [-0.2, 0) is 13.0 Å². The quantitative estimate of drug-likeness (QED) is 0.246. The van der Waals surface area contributed by atoms with Crippen LogP contribution in [0.5, 0.6) is 0 Å². The highest BCUT2D eigenvalue weighted by molar-refractivity contribution is 5.78. The number of aryl methyl sites for hydroxylation is 2. The van der Waals surface area contributed by atoms with Crippen molar-refractivity contribution in [1.82, 2.24) is 29.5 Å². The zero-order valence-electron chi connectivity index (χ0n) is 23.0. The number of piperazine rings is 1. The average Bonchev–Trinajstić information content (AvgIpc) is 3.62. The number of aromatic amines is 1. The first kappa shape index (κ1) is 25.8. The van der Waals surface area contributed by atoms with Crippen molar-refractivity contribution < 1.29 is 5.11 Å². The Balaban J connectivity index is 1.21. The van der Waals surface area contributed by atoms with E-state index in [1.54, 1.807) is 0 Å². The van der Waals surface area contributed by atoms with Crippen molar-refractivity contribution in [3.8, 4) is 16.9 Å². The summed E-state index contributed by atoms with van der Waals surface area (Å²) in [5.41, 5.74) is 6.90. The van der Waals surface area contributed by atoms with Gasteiger partial charge in [0, 0.05) is 55.7 Å². The van der Waals surface area contributed by atoms with Gasteiger partial charge in [-0.2, -0.15) is 0 Å². The number of H-pyrrole nitrogens is 1. The molecule has 41 heavy (non-hydrogen) atoms. The number of hydrogen-bond donors (Lipinski definition) is 4. The minimum atomic E-state index is -0.880. The summed E-state index contributed by atoms with van der Waals surface area (Å²) in [6.07, 6.45) is 3.94. The minimum Gasteiger partial charge on any atom is -0.385 e. The van der Waals surface area contributed by atoms with E-state index in [9.17, 15) is 9.90 Å². The maximum Gasteiger partial charge on any atom is 0.271 e. The summed E-state index contributed by atoms with van der Waals surface area (Å²) < 4.78 is 4.02. The van der Waals surface area contributed by atoms with Crippen molar-refractivity contribution in [2.75, 3.05) is 31.5 Å². The molecular formula is C32H35N7O2. The molecule has 9 heteroatoms. The van der Waals surface area contributed by atoms with Gasteiger partial charge in [-0.3, -0.25) is 24.0 Å². The smallest absolute Gasteiger partial charge is 0.271 e. The Labute approximate surface area is 238 Å². The third-order valence-electron chi connectivity index (χ3n) is 8.47.